The maximum absolute atomic E-state index is 11.3. The standard InChI is InChI=1S/C13H17NO3/c1-2-6-13(16)17-10-12(15)14-9-11-7-4-3-5-8-11/h3-5,7-8H,2,6,9-10H2,1H3,(H,14,15). The minimum Gasteiger partial charge on any atom is -0.456 e. The van der Waals surface area contributed by atoms with Crippen molar-refractivity contribution in [2.75, 3.05) is 6.61 Å². The van der Waals surface area contributed by atoms with E-state index < -0.39 is 0 Å². The zero-order valence-electron chi connectivity index (χ0n) is 9.94. The molecule has 0 atom stereocenters. The fraction of sp³-hybridized carbons (Fsp3) is 0.385. The monoisotopic (exact) mass is 235 g/mol. The average molecular weight is 235 g/mol. The number of amides is 1. The van der Waals surface area contributed by atoms with Crippen molar-refractivity contribution in [1.29, 1.82) is 0 Å². The van der Waals surface area contributed by atoms with Crippen molar-refractivity contribution in [1.82, 2.24) is 5.32 Å². The highest BCUT2D eigenvalue weighted by Gasteiger charge is 2.05. The van der Waals surface area contributed by atoms with Crippen molar-refractivity contribution >= 4 is 11.9 Å². The quantitative estimate of drug-likeness (QED) is 0.763. The number of carbonyl (C=O) groups excluding carboxylic acids is 2. The summed E-state index contributed by atoms with van der Waals surface area (Å²) in [5.74, 6) is -0.610. The molecule has 0 radical (unpaired) electrons. The summed E-state index contributed by atoms with van der Waals surface area (Å²) in [6.07, 6.45) is 1.08. The van der Waals surface area contributed by atoms with E-state index >= 15 is 0 Å². The Balaban J connectivity index is 2.20. The second-order valence-electron chi connectivity index (χ2n) is 3.67. The zero-order chi connectivity index (χ0) is 12.5. The molecule has 1 aromatic carbocycles. The van der Waals surface area contributed by atoms with Gasteiger partial charge in [-0.1, -0.05) is 37.3 Å². The Kier molecular flexibility index (Phi) is 5.79. The van der Waals surface area contributed by atoms with Gasteiger partial charge in [-0.3, -0.25) is 9.59 Å². The summed E-state index contributed by atoms with van der Waals surface area (Å²) in [7, 11) is 0. The highest BCUT2D eigenvalue weighted by molar-refractivity contribution is 5.80. The SMILES string of the molecule is CCCC(=O)OCC(=O)NCc1ccccc1. The van der Waals surface area contributed by atoms with E-state index in [1.807, 2.05) is 37.3 Å². The Morgan fingerprint density at radius 1 is 1.24 bits per heavy atom. The molecular formula is C13H17NO3. The van der Waals surface area contributed by atoms with Crippen LogP contribution in [0.25, 0.3) is 0 Å². The third-order valence-corrected chi connectivity index (χ3v) is 2.15. The summed E-state index contributed by atoms with van der Waals surface area (Å²) >= 11 is 0. The van der Waals surface area contributed by atoms with Gasteiger partial charge in [0.25, 0.3) is 5.91 Å². The Labute approximate surface area is 101 Å². The molecule has 0 heterocycles. The lowest BCUT2D eigenvalue weighted by atomic mass is 10.2. The van der Waals surface area contributed by atoms with Crippen LogP contribution in [0, 0.1) is 0 Å². The molecule has 0 unspecified atom stereocenters. The van der Waals surface area contributed by atoms with E-state index in [1.54, 1.807) is 0 Å². The van der Waals surface area contributed by atoms with Gasteiger partial charge >= 0.3 is 5.97 Å². The van der Waals surface area contributed by atoms with E-state index in [9.17, 15) is 9.59 Å². The van der Waals surface area contributed by atoms with Gasteiger partial charge in [-0.15, -0.1) is 0 Å². The fourth-order valence-corrected chi connectivity index (χ4v) is 1.27. The molecule has 4 nitrogen and oxygen atoms in total. The lowest BCUT2D eigenvalue weighted by Crippen LogP contribution is -2.28. The molecule has 0 spiro atoms. The van der Waals surface area contributed by atoms with Crippen molar-refractivity contribution in [3.63, 3.8) is 0 Å². The molecule has 0 saturated carbocycles. The van der Waals surface area contributed by atoms with Crippen LogP contribution < -0.4 is 5.32 Å². The van der Waals surface area contributed by atoms with Gasteiger partial charge in [-0.05, 0) is 12.0 Å². The van der Waals surface area contributed by atoms with Gasteiger partial charge in [0.2, 0.25) is 0 Å². The molecule has 0 aliphatic heterocycles. The highest BCUT2D eigenvalue weighted by Crippen LogP contribution is 1.97. The number of ether oxygens (including phenoxy) is 1. The summed E-state index contributed by atoms with van der Waals surface area (Å²) in [6, 6.07) is 9.57. The van der Waals surface area contributed by atoms with Crippen LogP contribution in [0.4, 0.5) is 0 Å². The first-order valence-electron chi connectivity index (χ1n) is 5.68. The molecule has 1 aromatic rings. The summed E-state index contributed by atoms with van der Waals surface area (Å²) in [5.41, 5.74) is 1.01. The van der Waals surface area contributed by atoms with Crippen molar-refractivity contribution in [3.05, 3.63) is 35.9 Å². The molecule has 0 aliphatic rings. The minimum absolute atomic E-state index is 0.203. The number of nitrogens with one attached hydrogen (secondary N) is 1. The van der Waals surface area contributed by atoms with Crippen molar-refractivity contribution in [3.8, 4) is 0 Å². The molecule has 0 aliphatic carbocycles. The van der Waals surface area contributed by atoms with Crippen molar-refractivity contribution in [2.24, 2.45) is 0 Å². The molecule has 4 heteroatoms. The molecule has 1 N–H and O–H groups in total. The summed E-state index contributed by atoms with van der Waals surface area (Å²) < 4.78 is 4.78. The summed E-state index contributed by atoms with van der Waals surface area (Å²) in [4.78, 5) is 22.4. The van der Waals surface area contributed by atoms with Gasteiger partial charge in [0, 0.05) is 13.0 Å². The zero-order valence-corrected chi connectivity index (χ0v) is 9.94. The predicted molar refractivity (Wildman–Crippen MR) is 64.2 cm³/mol. The molecule has 1 amide bonds. The van der Waals surface area contributed by atoms with Gasteiger partial charge in [-0.2, -0.15) is 0 Å². The average Bonchev–Trinajstić information content (AvgIpc) is 2.35. The van der Waals surface area contributed by atoms with Crippen LogP contribution in [0.15, 0.2) is 30.3 Å². The second-order valence-corrected chi connectivity index (χ2v) is 3.67. The second kappa shape index (κ2) is 7.44. The van der Waals surface area contributed by atoms with Crippen LogP contribution in [0.5, 0.6) is 0 Å². The molecule has 0 bridgehead atoms. The van der Waals surface area contributed by atoms with Gasteiger partial charge in [0.1, 0.15) is 0 Å². The predicted octanol–water partition coefficient (Wildman–Crippen LogP) is 1.65. The van der Waals surface area contributed by atoms with Crippen molar-refractivity contribution in [2.45, 2.75) is 26.3 Å². The number of hydrogen-bond acceptors (Lipinski definition) is 3. The summed E-state index contributed by atoms with van der Waals surface area (Å²) in [5, 5.41) is 2.68. The first-order chi connectivity index (χ1) is 8.22. The molecular weight excluding hydrogens is 218 g/mol. The number of esters is 1. The van der Waals surface area contributed by atoms with Crippen LogP contribution in [-0.4, -0.2) is 18.5 Å². The van der Waals surface area contributed by atoms with E-state index in [0.29, 0.717) is 13.0 Å². The number of carbonyl (C=O) groups is 2. The number of benzene rings is 1. The molecule has 0 fully saturated rings. The largest absolute Gasteiger partial charge is 0.456 e. The maximum Gasteiger partial charge on any atom is 0.306 e. The fourth-order valence-electron chi connectivity index (χ4n) is 1.27. The normalized spacial score (nSPS) is 9.71. The number of rotatable bonds is 6. The third kappa shape index (κ3) is 5.70. The van der Waals surface area contributed by atoms with Crippen LogP contribution >= 0.6 is 0 Å². The van der Waals surface area contributed by atoms with Gasteiger partial charge < -0.3 is 10.1 Å². The molecule has 1 rings (SSSR count). The Morgan fingerprint density at radius 3 is 2.59 bits per heavy atom. The van der Waals surface area contributed by atoms with Crippen LogP contribution in [0.2, 0.25) is 0 Å². The first-order valence-corrected chi connectivity index (χ1v) is 5.68. The molecule has 0 aromatic heterocycles. The van der Waals surface area contributed by atoms with Crippen molar-refractivity contribution < 1.29 is 14.3 Å². The molecule has 92 valence electrons. The van der Waals surface area contributed by atoms with E-state index in [0.717, 1.165) is 12.0 Å². The lowest BCUT2D eigenvalue weighted by Gasteiger charge is -2.06. The van der Waals surface area contributed by atoms with E-state index in [1.165, 1.54) is 0 Å². The first kappa shape index (κ1) is 13.2. The third-order valence-electron chi connectivity index (χ3n) is 2.15. The Hall–Kier alpha value is -1.84. The van der Waals surface area contributed by atoms with E-state index in [4.69, 9.17) is 4.74 Å². The Morgan fingerprint density at radius 2 is 1.94 bits per heavy atom. The highest BCUT2D eigenvalue weighted by atomic mass is 16.5. The topological polar surface area (TPSA) is 55.4 Å². The maximum atomic E-state index is 11.3. The van der Waals surface area contributed by atoms with E-state index in [2.05, 4.69) is 5.32 Å². The van der Waals surface area contributed by atoms with Crippen LogP contribution in [0.1, 0.15) is 25.3 Å². The number of hydrogen-bond donors (Lipinski definition) is 1. The van der Waals surface area contributed by atoms with Gasteiger partial charge in [0.15, 0.2) is 6.61 Å². The molecule has 17 heavy (non-hydrogen) atoms. The minimum atomic E-state index is -0.331. The Bertz CT molecular complexity index is 362. The van der Waals surface area contributed by atoms with Crippen LogP contribution in [-0.2, 0) is 20.9 Å². The summed E-state index contributed by atoms with van der Waals surface area (Å²) in [6.45, 7) is 2.13. The van der Waals surface area contributed by atoms with E-state index in [-0.39, 0.29) is 18.5 Å². The molecule has 0 saturated heterocycles. The van der Waals surface area contributed by atoms with Gasteiger partial charge in [0.05, 0.1) is 0 Å². The van der Waals surface area contributed by atoms with Crippen LogP contribution in [0.3, 0.4) is 0 Å². The van der Waals surface area contributed by atoms with Gasteiger partial charge in [-0.25, -0.2) is 0 Å². The smallest absolute Gasteiger partial charge is 0.306 e. The lowest BCUT2D eigenvalue weighted by molar-refractivity contribution is -0.148.